The van der Waals surface area contributed by atoms with E-state index in [2.05, 4.69) is 4.98 Å². The van der Waals surface area contributed by atoms with Gasteiger partial charge in [-0.3, -0.25) is 4.79 Å². The molecule has 2 aromatic carbocycles. The van der Waals surface area contributed by atoms with Gasteiger partial charge in [0.25, 0.3) is 0 Å². The van der Waals surface area contributed by atoms with Crippen molar-refractivity contribution >= 4 is 45.7 Å². The lowest BCUT2D eigenvalue weighted by molar-refractivity contribution is -0.143. The fourth-order valence-corrected chi connectivity index (χ4v) is 3.21. The number of aromatic nitrogens is 1. The summed E-state index contributed by atoms with van der Waals surface area (Å²) >= 11 is 11.8. The molecule has 0 N–H and O–H groups in total. The van der Waals surface area contributed by atoms with E-state index in [1.54, 1.807) is 31.0 Å². The van der Waals surface area contributed by atoms with Crippen molar-refractivity contribution in [3.63, 3.8) is 0 Å². The van der Waals surface area contributed by atoms with Crippen molar-refractivity contribution in [3.05, 3.63) is 70.9 Å². The summed E-state index contributed by atoms with van der Waals surface area (Å²) in [6.07, 6.45) is 0. The Morgan fingerprint density at radius 1 is 1.17 bits per heavy atom. The van der Waals surface area contributed by atoms with E-state index in [4.69, 9.17) is 33.3 Å². The lowest BCUT2D eigenvalue weighted by Crippen LogP contribution is -2.32. The molecule has 0 aliphatic rings. The minimum atomic E-state index is -0.328. The summed E-state index contributed by atoms with van der Waals surface area (Å²) < 4.78 is 10.8. The van der Waals surface area contributed by atoms with Gasteiger partial charge in [0.15, 0.2) is 0 Å². The number of ether oxygens (including phenoxy) is 2. The van der Waals surface area contributed by atoms with Crippen molar-refractivity contribution in [3.8, 4) is 5.75 Å². The first-order valence-electron chi connectivity index (χ1n) is 9.16. The molecule has 150 valence electrons. The van der Waals surface area contributed by atoms with E-state index in [9.17, 15) is 4.79 Å². The first-order valence-corrected chi connectivity index (χ1v) is 9.94. The number of carbonyl (C=O) groups is 1. The highest BCUT2D eigenvalue weighted by Gasteiger charge is 2.14. The number of hydrogen-bond donors (Lipinski definition) is 0. The normalized spacial score (nSPS) is 10.6. The molecule has 0 amide bonds. The molecule has 0 saturated carbocycles. The van der Waals surface area contributed by atoms with Gasteiger partial charge in [-0.15, -0.1) is 0 Å². The van der Waals surface area contributed by atoms with Gasteiger partial charge >= 0.3 is 5.97 Å². The maximum absolute atomic E-state index is 11.6. The number of thiocarbonyl (C=S) groups is 1. The number of esters is 1. The number of carbonyl (C=O) groups excluding carboxylic acids is 1. The van der Waals surface area contributed by atoms with Gasteiger partial charge in [-0.05, 0) is 37.3 Å². The van der Waals surface area contributed by atoms with Gasteiger partial charge in [0.1, 0.15) is 23.9 Å². The van der Waals surface area contributed by atoms with Crippen LogP contribution in [0.15, 0.2) is 54.6 Å². The van der Waals surface area contributed by atoms with Crippen molar-refractivity contribution in [1.29, 1.82) is 0 Å². The van der Waals surface area contributed by atoms with E-state index in [1.165, 1.54) is 0 Å². The smallest absolute Gasteiger partial charge is 0.325 e. The molecule has 5 nitrogen and oxygen atoms in total. The summed E-state index contributed by atoms with van der Waals surface area (Å²) in [4.78, 5) is 18.4. The molecule has 1 aromatic heterocycles. The van der Waals surface area contributed by atoms with Gasteiger partial charge in [0.2, 0.25) is 0 Å². The summed E-state index contributed by atoms with van der Waals surface area (Å²) in [6, 6.07) is 17.2. The Bertz CT molecular complexity index is 1040. The molecule has 3 aromatic rings. The molecule has 0 bridgehead atoms. The molecule has 3 rings (SSSR count). The van der Waals surface area contributed by atoms with Gasteiger partial charge in [-0.25, -0.2) is 4.98 Å². The standard InChI is InChI=1S/C22H21ClN2O3S/c1-3-27-21(26)13-25(2)22(29)16-9-11-20(18(23)12-16)28-14-17-10-8-15-6-4-5-7-19(15)24-17/h4-12H,3,13-14H2,1-2H3. The zero-order valence-electron chi connectivity index (χ0n) is 16.2. The Morgan fingerprint density at radius 2 is 1.97 bits per heavy atom. The molecule has 7 heteroatoms. The molecule has 0 fully saturated rings. The second-order valence-corrected chi connectivity index (χ2v) is 7.19. The predicted octanol–water partition coefficient (Wildman–Crippen LogP) is 4.64. The predicted molar refractivity (Wildman–Crippen MR) is 118 cm³/mol. The summed E-state index contributed by atoms with van der Waals surface area (Å²) in [6.45, 7) is 2.48. The third-order valence-corrected chi connectivity index (χ3v) is 5.07. The second kappa shape index (κ2) is 9.67. The van der Waals surface area contributed by atoms with Gasteiger partial charge < -0.3 is 14.4 Å². The average molecular weight is 429 g/mol. The minimum Gasteiger partial charge on any atom is -0.486 e. The topological polar surface area (TPSA) is 51.7 Å². The van der Waals surface area contributed by atoms with Gasteiger partial charge in [-0.2, -0.15) is 0 Å². The van der Waals surface area contributed by atoms with E-state index in [1.807, 2.05) is 42.5 Å². The summed E-state index contributed by atoms with van der Waals surface area (Å²) in [7, 11) is 1.74. The Labute approximate surface area is 180 Å². The number of halogens is 1. The number of fused-ring (bicyclic) bond motifs is 1. The summed E-state index contributed by atoms with van der Waals surface area (Å²) in [5.74, 6) is 0.215. The van der Waals surface area contributed by atoms with Crippen LogP contribution in [0.5, 0.6) is 5.75 Å². The van der Waals surface area contributed by atoms with Gasteiger partial charge in [0, 0.05) is 18.0 Å². The monoisotopic (exact) mass is 428 g/mol. The average Bonchev–Trinajstić information content (AvgIpc) is 2.72. The number of rotatable bonds is 7. The largest absolute Gasteiger partial charge is 0.486 e. The maximum atomic E-state index is 11.6. The van der Waals surface area contributed by atoms with E-state index >= 15 is 0 Å². The highest BCUT2D eigenvalue weighted by atomic mass is 35.5. The van der Waals surface area contributed by atoms with E-state index in [0.717, 1.165) is 22.2 Å². The van der Waals surface area contributed by atoms with Crippen LogP contribution in [-0.2, 0) is 16.1 Å². The number of benzene rings is 2. The SMILES string of the molecule is CCOC(=O)CN(C)C(=S)c1ccc(OCc2ccc3ccccc3n2)c(Cl)c1. The highest BCUT2D eigenvalue weighted by molar-refractivity contribution is 7.80. The van der Waals surface area contributed by atoms with Crippen LogP contribution in [-0.4, -0.2) is 41.0 Å². The molecule has 0 aliphatic carbocycles. The third kappa shape index (κ3) is 5.43. The second-order valence-electron chi connectivity index (χ2n) is 6.40. The molecule has 0 radical (unpaired) electrons. The third-order valence-electron chi connectivity index (χ3n) is 4.23. The highest BCUT2D eigenvalue weighted by Crippen LogP contribution is 2.27. The molecule has 1 heterocycles. The lowest BCUT2D eigenvalue weighted by Gasteiger charge is -2.19. The zero-order valence-corrected chi connectivity index (χ0v) is 17.8. The van der Waals surface area contributed by atoms with Crippen LogP contribution < -0.4 is 4.74 Å². The molecular formula is C22H21ClN2O3S. The molecule has 29 heavy (non-hydrogen) atoms. The van der Waals surface area contributed by atoms with Crippen molar-refractivity contribution in [2.24, 2.45) is 0 Å². The van der Waals surface area contributed by atoms with Crippen LogP contribution in [0.4, 0.5) is 0 Å². The van der Waals surface area contributed by atoms with Crippen LogP contribution in [0, 0.1) is 0 Å². The lowest BCUT2D eigenvalue weighted by atomic mass is 10.2. The van der Waals surface area contributed by atoms with Crippen LogP contribution in [0.3, 0.4) is 0 Å². The fraction of sp³-hybridized carbons (Fsp3) is 0.227. The zero-order chi connectivity index (χ0) is 20.8. The van der Waals surface area contributed by atoms with Gasteiger partial charge in [0.05, 0.1) is 22.8 Å². The van der Waals surface area contributed by atoms with Crippen molar-refractivity contribution < 1.29 is 14.3 Å². The van der Waals surface area contributed by atoms with Crippen molar-refractivity contribution in [2.45, 2.75) is 13.5 Å². The van der Waals surface area contributed by atoms with Gasteiger partial charge in [-0.1, -0.05) is 48.1 Å². The maximum Gasteiger partial charge on any atom is 0.325 e. The molecule has 0 spiro atoms. The van der Waals surface area contributed by atoms with Crippen LogP contribution >= 0.6 is 23.8 Å². The molecular weight excluding hydrogens is 408 g/mol. The Balaban J connectivity index is 1.65. The molecule has 0 aliphatic heterocycles. The Kier molecular flexibility index (Phi) is 7.01. The number of pyridine rings is 1. The van der Waals surface area contributed by atoms with Crippen LogP contribution in [0.25, 0.3) is 10.9 Å². The van der Waals surface area contributed by atoms with Crippen LogP contribution in [0.2, 0.25) is 5.02 Å². The van der Waals surface area contributed by atoms with E-state index < -0.39 is 0 Å². The van der Waals surface area contributed by atoms with Crippen molar-refractivity contribution in [2.75, 3.05) is 20.2 Å². The van der Waals surface area contributed by atoms with Crippen LogP contribution in [0.1, 0.15) is 18.2 Å². The Hall–Kier alpha value is -2.70. The number of nitrogens with zero attached hydrogens (tertiary/aromatic N) is 2. The Morgan fingerprint density at radius 3 is 2.72 bits per heavy atom. The molecule has 0 unspecified atom stereocenters. The quantitative estimate of drug-likeness (QED) is 0.403. The van der Waals surface area contributed by atoms with E-state index in [-0.39, 0.29) is 12.5 Å². The minimum absolute atomic E-state index is 0.0795. The number of hydrogen-bond acceptors (Lipinski definition) is 5. The van der Waals surface area contributed by atoms with E-state index in [0.29, 0.717) is 29.0 Å². The molecule has 0 atom stereocenters. The van der Waals surface area contributed by atoms with Crippen molar-refractivity contribution in [1.82, 2.24) is 9.88 Å². The molecule has 0 saturated heterocycles. The summed E-state index contributed by atoms with van der Waals surface area (Å²) in [5, 5.41) is 1.52. The first kappa shape index (κ1) is 21.0. The summed E-state index contributed by atoms with van der Waals surface area (Å²) in [5.41, 5.74) is 2.46. The fourth-order valence-electron chi connectivity index (χ4n) is 2.78. The number of para-hydroxylation sites is 1. The first-order chi connectivity index (χ1) is 14.0. The number of likely N-dealkylation sites (N-methyl/N-ethyl adjacent to an activating group) is 1.